The minimum absolute atomic E-state index is 0.170. The van der Waals surface area contributed by atoms with Gasteiger partial charge in [-0.2, -0.15) is 0 Å². The van der Waals surface area contributed by atoms with Crippen LogP contribution in [-0.4, -0.2) is 10.9 Å². The second kappa shape index (κ2) is 5.60. The largest absolute Gasteiger partial charge is 0.318 e. The summed E-state index contributed by atoms with van der Waals surface area (Å²) in [5.41, 5.74) is -0.986. The smallest absolute Gasteiger partial charge is 0.272 e. The van der Waals surface area contributed by atoms with Crippen molar-refractivity contribution in [2.75, 3.05) is 5.32 Å². The van der Waals surface area contributed by atoms with Gasteiger partial charge >= 0.3 is 0 Å². The van der Waals surface area contributed by atoms with Crippen molar-refractivity contribution >= 4 is 22.4 Å². The molecule has 0 aliphatic heterocycles. The summed E-state index contributed by atoms with van der Waals surface area (Å²) in [5.74, 6) is -3.10. The van der Waals surface area contributed by atoms with Crippen molar-refractivity contribution in [3.8, 4) is 0 Å². The first-order chi connectivity index (χ1) is 10.9. The molecule has 2 N–H and O–H groups in total. The van der Waals surface area contributed by atoms with Crippen molar-refractivity contribution in [2.45, 2.75) is 0 Å². The van der Waals surface area contributed by atoms with Gasteiger partial charge in [-0.15, -0.1) is 0 Å². The van der Waals surface area contributed by atoms with Crippen molar-refractivity contribution in [3.63, 3.8) is 0 Å². The number of fused-ring (bicyclic) bond motifs is 1. The molecule has 116 valence electrons. The number of carbonyl (C=O) groups excluding carboxylic acids is 1. The highest BCUT2D eigenvalue weighted by Gasteiger charge is 2.13. The Hall–Kier alpha value is -3.09. The van der Waals surface area contributed by atoms with Crippen LogP contribution < -0.4 is 10.9 Å². The summed E-state index contributed by atoms with van der Waals surface area (Å²) in [6.07, 6.45) is 0. The Morgan fingerprint density at radius 3 is 2.39 bits per heavy atom. The molecular formula is C16H9F3N2O2. The number of aromatic amines is 1. The van der Waals surface area contributed by atoms with Crippen LogP contribution in [0.3, 0.4) is 0 Å². The van der Waals surface area contributed by atoms with Crippen molar-refractivity contribution in [2.24, 2.45) is 0 Å². The second-order valence-electron chi connectivity index (χ2n) is 4.82. The highest BCUT2D eigenvalue weighted by Crippen LogP contribution is 2.17. The molecule has 23 heavy (non-hydrogen) atoms. The van der Waals surface area contributed by atoms with Crippen molar-refractivity contribution in [1.82, 2.24) is 4.98 Å². The topological polar surface area (TPSA) is 62.0 Å². The second-order valence-corrected chi connectivity index (χ2v) is 4.82. The van der Waals surface area contributed by atoms with Gasteiger partial charge in [0.1, 0.15) is 23.1 Å². The monoisotopic (exact) mass is 318 g/mol. The highest BCUT2D eigenvalue weighted by molar-refractivity contribution is 6.04. The van der Waals surface area contributed by atoms with E-state index in [9.17, 15) is 22.8 Å². The number of amides is 1. The summed E-state index contributed by atoms with van der Waals surface area (Å²) in [6, 6.07) is 7.47. The molecule has 0 spiro atoms. The van der Waals surface area contributed by atoms with E-state index in [1.165, 1.54) is 12.1 Å². The molecule has 0 aliphatic carbocycles. The van der Waals surface area contributed by atoms with E-state index in [0.29, 0.717) is 6.07 Å². The maximum Gasteiger partial charge on any atom is 0.272 e. The average Bonchev–Trinajstić information content (AvgIpc) is 2.49. The Bertz CT molecular complexity index is 983. The molecule has 0 saturated carbocycles. The number of hydrogen-bond acceptors (Lipinski definition) is 2. The van der Waals surface area contributed by atoms with Gasteiger partial charge in [-0.3, -0.25) is 9.59 Å². The first-order valence-electron chi connectivity index (χ1n) is 6.53. The number of H-pyrrole nitrogens is 1. The number of benzene rings is 2. The maximum atomic E-state index is 13.5. The van der Waals surface area contributed by atoms with E-state index in [1.807, 2.05) is 0 Å². The van der Waals surface area contributed by atoms with E-state index >= 15 is 0 Å². The normalized spacial score (nSPS) is 10.7. The molecule has 1 heterocycles. The molecular weight excluding hydrogens is 309 g/mol. The van der Waals surface area contributed by atoms with Gasteiger partial charge in [-0.05, 0) is 41.8 Å². The molecule has 0 aliphatic rings. The third-order valence-corrected chi connectivity index (χ3v) is 3.23. The lowest BCUT2D eigenvalue weighted by Crippen LogP contribution is -2.19. The van der Waals surface area contributed by atoms with Gasteiger partial charge in [0.25, 0.3) is 11.5 Å². The number of aromatic nitrogens is 1. The van der Waals surface area contributed by atoms with Crippen molar-refractivity contribution in [1.29, 1.82) is 0 Å². The van der Waals surface area contributed by atoms with Crippen molar-refractivity contribution < 1.29 is 18.0 Å². The average molecular weight is 318 g/mol. The van der Waals surface area contributed by atoms with E-state index in [4.69, 9.17) is 0 Å². The molecule has 4 nitrogen and oxygen atoms in total. The van der Waals surface area contributed by atoms with E-state index in [2.05, 4.69) is 10.3 Å². The third-order valence-electron chi connectivity index (χ3n) is 3.23. The standard InChI is InChI=1S/C16H9F3N2O2/c17-9-1-3-11-8(5-9)6-14(21-15(11)22)16(23)20-13-4-2-10(18)7-12(13)19/h1-7H,(H,20,23)(H,21,22). The fraction of sp³-hybridized carbons (Fsp3) is 0. The van der Waals surface area contributed by atoms with Gasteiger partial charge in [0.05, 0.1) is 5.69 Å². The van der Waals surface area contributed by atoms with Crippen LogP contribution in [0, 0.1) is 17.5 Å². The lowest BCUT2D eigenvalue weighted by molar-refractivity contribution is 0.102. The number of rotatable bonds is 2. The molecule has 0 atom stereocenters. The Labute approximate surface area is 127 Å². The molecule has 0 saturated heterocycles. The zero-order valence-corrected chi connectivity index (χ0v) is 11.5. The number of pyridine rings is 1. The lowest BCUT2D eigenvalue weighted by atomic mass is 10.1. The quantitative estimate of drug-likeness (QED) is 0.762. The summed E-state index contributed by atoms with van der Waals surface area (Å²) in [5, 5.41) is 2.67. The zero-order valence-electron chi connectivity index (χ0n) is 11.5. The Morgan fingerprint density at radius 2 is 1.65 bits per heavy atom. The van der Waals surface area contributed by atoms with Crippen LogP contribution in [-0.2, 0) is 0 Å². The molecule has 3 aromatic rings. The van der Waals surface area contributed by atoms with Gasteiger partial charge in [-0.25, -0.2) is 13.2 Å². The summed E-state index contributed by atoms with van der Waals surface area (Å²) in [7, 11) is 0. The number of anilines is 1. The molecule has 1 aromatic heterocycles. The van der Waals surface area contributed by atoms with Gasteiger partial charge in [0, 0.05) is 11.5 Å². The van der Waals surface area contributed by atoms with Crippen LogP contribution in [0.2, 0.25) is 0 Å². The minimum Gasteiger partial charge on any atom is -0.318 e. The highest BCUT2D eigenvalue weighted by atomic mass is 19.1. The van der Waals surface area contributed by atoms with Crippen LogP contribution in [0.4, 0.5) is 18.9 Å². The first kappa shape index (κ1) is 14.8. The summed E-state index contributed by atoms with van der Waals surface area (Å²) < 4.78 is 39.6. The fourth-order valence-electron chi connectivity index (χ4n) is 2.14. The summed E-state index contributed by atoms with van der Waals surface area (Å²) >= 11 is 0. The first-order valence-corrected chi connectivity index (χ1v) is 6.53. The van der Waals surface area contributed by atoms with Crippen LogP contribution in [0.15, 0.2) is 47.3 Å². The Morgan fingerprint density at radius 1 is 0.957 bits per heavy atom. The van der Waals surface area contributed by atoms with E-state index in [-0.39, 0.29) is 22.2 Å². The molecule has 0 unspecified atom stereocenters. The minimum atomic E-state index is -0.951. The third kappa shape index (κ3) is 2.94. The van der Waals surface area contributed by atoms with Crippen LogP contribution in [0.25, 0.3) is 10.8 Å². The van der Waals surface area contributed by atoms with E-state index in [1.54, 1.807) is 0 Å². The summed E-state index contributed by atoms with van der Waals surface area (Å²) in [4.78, 5) is 26.3. The predicted molar refractivity (Wildman–Crippen MR) is 78.8 cm³/mol. The molecule has 0 bridgehead atoms. The van der Waals surface area contributed by atoms with Gasteiger partial charge in [-0.1, -0.05) is 0 Å². The zero-order chi connectivity index (χ0) is 16.6. The fourth-order valence-corrected chi connectivity index (χ4v) is 2.14. The van der Waals surface area contributed by atoms with Gasteiger partial charge in [0.15, 0.2) is 0 Å². The number of halogens is 3. The number of carbonyl (C=O) groups is 1. The molecule has 1 amide bonds. The SMILES string of the molecule is O=C(Nc1ccc(F)cc1F)c1cc2cc(F)ccc2c(=O)[nH]1. The van der Waals surface area contributed by atoms with Gasteiger partial charge in [0.2, 0.25) is 0 Å². The van der Waals surface area contributed by atoms with Crippen LogP contribution in [0.1, 0.15) is 10.5 Å². The van der Waals surface area contributed by atoms with Crippen molar-refractivity contribution in [3.05, 3.63) is 76.0 Å². The lowest BCUT2D eigenvalue weighted by Gasteiger charge is -2.07. The van der Waals surface area contributed by atoms with E-state index < -0.39 is 28.9 Å². The molecule has 3 rings (SSSR count). The van der Waals surface area contributed by atoms with Gasteiger partial charge < -0.3 is 10.3 Å². The predicted octanol–water partition coefficient (Wildman–Crippen LogP) is 3.20. The number of nitrogens with one attached hydrogen (secondary N) is 2. The number of hydrogen-bond donors (Lipinski definition) is 2. The van der Waals surface area contributed by atoms with Crippen LogP contribution in [0.5, 0.6) is 0 Å². The molecule has 0 radical (unpaired) electrons. The molecule has 0 fully saturated rings. The molecule has 2 aromatic carbocycles. The molecule has 7 heteroatoms. The van der Waals surface area contributed by atoms with Crippen LogP contribution >= 0.6 is 0 Å². The summed E-state index contributed by atoms with van der Waals surface area (Å²) in [6.45, 7) is 0. The maximum absolute atomic E-state index is 13.5. The Balaban J connectivity index is 1.99. The van der Waals surface area contributed by atoms with E-state index in [0.717, 1.165) is 24.3 Å². The Kier molecular flexibility index (Phi) is 3.61.